The highest BCUT2D eigenvalue weighted by Gasteiger charge is 2.21. The molecule has 0 radical (unpaired) electrons. The van der Waals surface area contributed by atoms with Gasteiger partial charge in [-0.2, -0.15) is 0 Å². The molecule has 1 aromatic carbocycles. The average molecular weight is 259 g/mol. The molecule has 0 amide bonds. The third-order valence-electron chi connectivity index (χ3n) is 2.94. The van der Waals surface area contributed by atoms with E-state index in [0.717, 1.165) is 17.1 Å². The number of aromatic nitrogens is 2. The Bertz CT molecular complexity index is 617. The predicted molar refractivity (Wildman–Crippen MR) is 73.4 cm³/mol. The lowest BCUT2D eigenvalue weighted by Gasteiger charge is -2.09. The van der Waals surface area contributed by atoms with Crippen molar-refractivity contribution < 1.29 is 9.53 Å². The summed E-state index contributed by atoms with van der Waals surface area (Å²) in [6, 6.07) is 7.88. The number of aryl methyl sites for hydroxylation is 2. The number of benzene rings is 1. The minimum absolute atomic E-state index is 0.167. The molecule has 0 aliphatic heterocycles. The molecule has 0 unspecified atom stereocenters. The fourth-order valence-electron chi connectivity index (χ4n) is 2.02. The van der Waals surface area contributed by atoms with Crippen LogP contribution in [0.5, 0.6) is 0 Å². The molecule has 1 heterocycles. The number of carbonyl (C=O) groups is 1. The third-order valence-corrected chi connectivity index (χ3v) is 2.94. The minimum Gasteiger partial charge on any atom is -0.464 e. The topological polar surface area (TPSA) is 70.1 Å². The zero-order valence-electron chi connectivity index (χ0n) is 11.3. The minimum atomic E-state index is -0.515. The molecule has 2 N–H and O–H groups in total. The van der Waals surface area contributed by atoms with Crippen LogP contribution in [0.3, 0.4) is 0 Å². The van der Waals surface area contributed by atoms with Crippen molar-refractivity contribution >= 4 is 11.8 Å². The van der Waals surface area contributed by atoms with E-state index in [9.17, 15) is 4.79 Å². The van der Waals surface area contributed by atoms with Gasteiger partial charge in [0, 0.05) is 12.1 Å². The van der Waals surface area contributed by atoms with Gasteiger partial charge in [0.05, 0.1) is 7.11 Å². The Morgan fingerprint density at radius 2 is 2.21 bits per heavy atom. The van der Waals surface area contributed by atoms with Crippen LogP contribution in [0.2, 0.25) is 0 Å². The summed E-state index contributed by atoms with van der Waals surface area (Å²) in [6.45, 7) is 3.97. The van der Waals surface area contributed by atoms with E-state index in [1.807, 2.05) is 38.1 Å². The van der Waals surface area contributed by atoms with E-state index < -0.39 is 5.97 Å². The van der Waals surface area contributed by atoms with Crippen molar-refractivity contribution in [1.29, 1.82) is 0 Å². The molecule has 0 saturated heterocycles. The highest BCUT2D eigenvalue weighted by molar-refractivity contribution is 5.92. The molecule has 0 saturated carbocycles. The highest BCUT2D eigenvalue weighted by Crippen LogP contribution is 2.22. The van der Waals surface area contributed by atoms with Gasteiger partial charge in [-0.25, -0.2) is 9.78 Å². The van der Waals surface area contributed by atoms with Crippen molar-refractivity contribution in [3.63, 3.8) is 0 Å². The van der Waals surface area contributed by atoms with Crippen LogP contribution in [-0.2, 0) is 11.2 Å². The Labute approximate surface area is 112 Å². The van der Waals surface area contributed by atoms with E-state index >= 15 is 0 Å². The molecule has 0 bridgehead atoms. The van der Waals surface area contributed by atoms with E-state index in [1.165, 1.54) is 7.11 Å². The Kier molecular flexibility index (Phi) is 3.55. The van der Waals surface area contributed by atoms with Crippen LogP contribution >= 0.6 is 0 Å². The number of imidazole rings is 1. The molecule has 2 rings (SSSR count). The van der Waals surface area contributed by atoms with Crippen LogP contribution in [0, 0.1) is 6.92 Å². The van der Waals surface area contributed by atoms with Crippen molar-refractivity contribution in [2.24, 2.45) is 0 Å². The van der Waals surface area contributed by atoms with Gasteiger partial charge in [-0.15, -0.1) is 0 Å². The molecular formula is C14H17N3O2. The maximum atomic E-state index is 11.6. The number of nitrogens with two attached hydrogens (primary N) is 1. The Morgan fingerprint density at radius 3 is 2.79 bits per heavy atom. The summed E-state index contributed by atoms with van der Waals surface area (Å²) in [4.78, 5) is 15.9. The SMILES string of the molecule is CCc1nc(C(=O)OC)c(N)n1-c1cccc(C)c1. The summed E-state index contributed by atoms with van der Waals surface area (Å²) in [5.74, 6) is 0.538. The standard InChI is InChI=1S/C14H17N3O2/c1-4-11-16-12(14(18)19-3)13(15)17(11)10-7-5-6-9(2)8-10/h5-8H,4,15H2,1-3H3. The molecule has 0 spiro atoms. The number of nitrogens with zero attached hydrogens (tertiary/aromatic N) is 2. The third kappa shape index (κ3) is 2.31. The quantitative estimate of drug-likeness (QED) is 0.857. The van der Waals surface area contributed by atoms with Crippen LogP contribution in [0.4, 0.5) is 5.82 Å². The van der Waals surface area contributed by atoms with Crippen LogP contribution in [0.25, 0.3) is 5.69 Å². The summed E-state index contributed by atoms with van der Waals surface area (Å²) in [5, 5.41) is 0. The average Bonchev–Trinajstić information content (AvgIpc) is 2.74. The van der Waals surface area contributed by atoms with Crippen LogP contribution < -0.4 is 5.73 Å². The van der Waals surface area contributed by atoms with Gasteiger partial charge in [0.15, 0.2) is 5.69 Å². The van der Waals surface area contributed by atoms with Gasteiger partial charge in [0.2, 0.25) is 0 Å². The molecule has 0 aliphatic rings. The van der Waals surface area contributed by atoms with E-state index in [2.05, 4.69) is 4.98 Å². The number of ether oxygens (including phenoxy) is 1. The Balaban J connectivity index is 2.62. The molecule has 2 aromatic rings. The number of methoxy groups -OCH3 is 1. The summed E-state index contributed by atoms with van der Waals surface area (Å²) in [6.07, 6.45) is 0.676. The molecule has 0 aliphatic carbocycles. The lowest BCUT2D eigenvalue weighted by atomic mass is 10.2. The first kappa shape index (κ1) is 13.1. The number of nitrogen functional groups attached to an aromatic ring is 1. The number of hydrogen-bond donors (Lipinski definition) is 1. The molecule has 5 heteroatoms. The maximum Gasteiger partial charge on any atom is 0.360 e. The lowest BCUT2D eigenvalue weighted by molar-refractivity contribution is 0.0596. The van der Waals surface area contributed by atoms with E-state index in [-0.39, 0.29) is 5.69 Å². The van der Waals surface area contributed by atoms with Crippen molar-refractivity contribution in [1.82, 2.24) is 9.55 Å². The van der Waals surface area contributed by atoms with Crippen LogP contribution in [0.1, 0.15) is 28.8 Å². The first-order valence-corrected chi connectivity index (χ1v) is 6.11. The van der Waals surface area contributed by atoms with Crippen molar-refractivity contribution in [2.45, 2.75) is 20.3 Å². The number of rotatable bonds is 3. The second-order valence-corrected chi connectivity index (χ2v) is 4.28. The van der Waals surface area contributed by atoms with Gasteiger partial charge in [-0.1, -0.05) is 19.1 Å². The summed E-state index contributed by atoms with van der Waals surface area (Å²) < 4.78 is 6.49. The Morgan fingerprint density at radius 1 is 1.47 bits per heavy atom. The molecular weight excluding hydrogens is 242 g/mol. The van der Waals surface area contributed by atoms with E-state index in [1.54, 1.807) is 4.57 Å². The van der Waals surface area contributed by atoms with Gasteiger partial charge in [-0.3, -0.25) is 4.57 Å². The van der Waals surface area contributed by atoms with Gasteiger partial charge < -0.3 is 10.5 Å². The van der Waals surface area contributed by atoms with Gasteiger partial charge in [0.25, 0.3) is 0 Å². The summed E-state index contributed by atoms with van der Waals surface area (Å²) in [7, 11) is 1.32. The maximum absolute atomic E-state index is 11.6. The van der Waals surface area contributed by atoms with Gasteiger partial charge >= 0.3 is 5.97 Å². The second kappa shape index (κ2) is 5.14. The Hall–Kier alpha value is -2.30. The van der Waals surface area contributed by atoms with Gasteiger partial charge in [-0.05, 0) is 24.6 Å². The van der Waals surface area contributed by atoms with E-state index in [4.69, 9.17) is 10.5 Å². The monoisotopic (exact) mass is 259 g/mol. The van der Waals surface area contributed by atoms with E-state index in [0.29, 0.717) is 12.2 Å². The molecule has 5 nitrogen and oxygen atoms in total. The summed E-state index contributed by atoms with van der Waals surface area (Å²) >= 11 is 0. The normalized spacial score (nSPS) is 10.5. The first-order valence-electron chi connectivity index (χ1n) is 6.11. The number of carbonyl (C=O) groups excluding carboxylic acids is 1. The molecule has 19 heavy (non-hydrogen) atoms. The zero-order valence-corrected chi connectivity index (χ0v) is 11.3. The molecule has 0 fully saturated rings. The molecule has 0 atom stereocenters. The number of esters is 1. The summed E-state index contributed by atoms with van der Waals surface area (Å²) in [5.41, 5.74) is 8.22. The smallest absolute Gasteiger partial charge is 0.360 e. The molecule has 100 valence electrons. The second-order valence-electron chi connectivity index (χ2n) is 4.28. The van der Waals surface area contributed by atoms with Gasteiger partial charge in [0.1, 0.15) is 11.6 Å². The largest absolute Gasteiger partial charge is 0.464 e. The van der Waals surface area contributed by atoms with Crippen molar-refractivity contribution in [3.8, 4) is 5.69 Å². The lowest BCUT2D eigenvalue weighted by Crippen LogP contribution is -2.08. The fraction of sp³-hybridized carbons (Fsp3) is 0.286. The predicted octanol–water partition coefficient (Wildman–Crippen LogP) is 2.11. The first-order chi connectivity index (χ1) is 9.08. The zero-order chi connectivity index (χ0) is 14.0. The van der Waals surface area contributed by atoms with Crippen molar-refractivity contribution in [3.05, 3.63) is 41.3 Å². The van der Waals surface area contributed by atoms with Crippen LogP contribution in [-0.4, -0.2) is 22.6 Å². The fourth-order valence-corrected chi connectivity index (χ4v) is 2.02. The van der Waals surface area contributed by atoms with Crippen molar-refractivity contribution in [2.75, 3.05) is 12.8 Å². The number of anilines is 1. The molecule has 1 aromatic heterocycles. The highest BCUT2D eigenvalue weighted by atomic mass is 16.5. The van der Waals surface area contributed by atoms with Crippen LogP contribution in [0.15, 0.2) is 24.3 Å². The number of hydrogen-bond acceptors (Lipinski definition) is 4.